The number of aromatic nitrogens is 1. The molecule has 0 saturated carbocycles. The van der Waals surface area contributed by atoms with Gasteiger partial charge in [0.1, 0.15) is 11.5 Å². The number of hydrogen-bond acceptors (Lipinski definition) is 5. The Kier molecular flexibility index (Phi) is 6.50. The minimum Gasteiger partial charge on any atom is -0.507 e. The van der Waals surface area contributed by atoms with Crippen molar-refractivity contribution in [2.45, 2.75) is 39.7 Å². The fourth-order valence-electron chi connectivity index (χ4n) is 4.24. The van der Waals surface area contributed by atoms with Crippen LogP contribution in [-0.2, 0) is 9.59 Å². The van der Waals surface area contributed by atoms with Crippen LogP contribution in [0.15, 0.2) is 72.6 Å². The zero-order valence-electron chi connectivity index (χ0n) is 19.8. The van der Waals surface area contributed by atoms with Crippen molar-refractivity contribution in [3.8, 4) is 5.75 Å². The molecule has 1 fully saturated rings. The average Bonchev–Trinajstić information content (AvgIpc) is 3.11. The third-order valence-electron chi connectivity index (χ3n) is 6.03. The summed E-state index contributed by atoms with van der Waals surface area (Å²) in [5.74, 6) is -0.601. The Balaban J connectivity index is 1.87. The molecule has 0 spiro atoms. The molecule has 3 aromatic rings. The number of hydrogen-bond donors (Lipinski definition) is 1. The molecule has 34 heavy (non-hydrogen) atoms. The number of anilines is 1. The normalized spacial score (nSPS) is 17.4. The van der Waals surface area contributed by atoms with Crippen molar-refractivity contribution >= 4 is 23.1 Å². The van der Waals surface area contributed by atoms with Gasteiger partial charge in [-0.25, -0.2) is 0 Å². The second kappa shape index (κ2) is 9.51. The maximum absolute atomic E-state index is 13.3. The Morgan fingerprint density at radius 3 is 2.44 bits per heavy atom. The number of carbonyl (C=O) groups excluding carboxylic acids is 2. The number of aliphatic hydroxyl groups excluding tert-OH is 1. The molecule has 1 N–H and O–H groups in total. The van der Waals surface area contributed by atoms with Gasteiger partial charge in [-0.1, -0.05) is 32.0 Å². The first-order valence-corrected chi connectivity index (χ1v) is 11.4. The van der Waals surface area contributed by atoms with Crippen molar-refractivity contribution in [1.82, 2.24) is 4.98 Å². The van der Waals surface area contributed by atoms with Gasteiger partial charge in [0, 0.05) is 23.6 Å². The number of benzene rings is 2. The number of ether oxygens (including phenoxy) is 1. The summed E-state index contributed by atoms with van der Waals surface area (Å²) in [6.45, 7) is 8.48. The van der Waals surface area contributed by atoms with Gasteiger partial charge in [0.15, 0.2) is 0 Å². The van der Waals surface area contributed by atoms with Gasteiger partial charge < -0.3 is 9.84 Å². The Morgan fingerprint density at radius 1 is 1.12 bits per heavy atom. The summed E-state index contributed by atoms with van der Waals surface area (Å²) < 4.78 is 5.59. The molecular formula is C28H28N2O4. The van der Waals surface area contributed by atoms with E-state index in [1.165, 1.54) is 4.90 Å². The van der Waals surface area contributed by atoms with Crippen molar-refractivity contribution < 1.29 is 19.4 Å². The van der Waals surface area contributed by atoms with Gasteiger partial charge in [-0.3, -0.25) is 19.5 Å². The number of rotatable bonds is 6. The molecule has 6 heteroatoms. The largest absolute Gasteiger partial charge is 0.507 e. The molecule has 0 bridgehead atoms. The third kappa shape index (κ3) is 4.19. The van der Waals surface area contributed by atoms with Gasteiger partial charge in [-0.15, -0.1) is 0 Å². The van der Waals surface area contributed by atoms with Gasteiger partial charge in [0.25, 0.3) is 11.7 Å². The Labute approximate surface area is 199 Å². The topological polar surface area (TPSA) is 79.7 Å². The van der Waals surface area contributed by atoms with Crippen LogP contribution < -0.4 is 9.64 Å². The first-order valence-electron chi connectivity index (χ1n) is 11.4. The lowest BCUT2D eigenvalue weighted by atomic mass is 9.95. The second-order valence-corrected chi connectivity index (χ2v) is 8.61. The second-order valence-electron chi connectivity index (χ2n) is 8.61. The molecule has 1 aromatic heterocycles. The van der Waals surface area contributed by atoms with E-state index in [1.807, 2.05) is 38.1 Å². The third-order valence-corrected chi connectivity index (χ3v) is 6.03. The van der Waals surface area contributed by atoms with Crippen LogP contribution >= 0.6 is 0 Å². The predicted molar refractivity (Wildman–Crippen MR) is 132 cm³/mol. The van der Waals surface area contributed by atoms with Crippen LogP contribution in [0.1, 0.15) is 55.0 Å². The zero-order chi connectivity index (χ0) is 24.4. The fourth-order valence-corrected chi connectivity index (χ4v) is 4.24. The quantitative estimate of drug-likeness (QED) is 0.299. The Bertz CT molecular complexity index is 1250. The van der Waals surface area contributed by atoms with Gasteiger partial charge in [-0.2, -0.15) is 0 Å². The van der Waals surface area contributed by atoms with Gasteiger partial charge >= 0.3 is 0 Å². The van der Waals surface area contributed by atoms with Crippen molar-refractivity contribution in [2.75, 3.05) is 11.5 Å². The van der Waals surface area contributed by atoms with Crippen LogP contribution in [0.2, 0.25) is 0 Å². The first-order chi connectivity index (χ1) is 16.3. The molecule has 0 radical (unpaired) electrons. The number of aryl methyl sites for hydroxylation is 1. The molecule has 1 atom stereocenters. The number of amides is 1. The van der Waals surface area contributed by atoms with Crippen molar-refractivity contribution in [3.63, 3.8) is 0 Å². The maximum atomic E-state index is 13.3. The van der Waals surface area contributed by atoms with Crippen LogP contribution in [0, 0.1) is 6.92 Å². The highest BCUT2D eigenvalue weighted by Crippen LogP contribution is 2.42. The van der Waals surface area contributed by atoms with Crippen LogP contribution in [0.5, 0.6) is 5.75 Å². The molecule has 4 rings (SSSR count). The van der Waals surface area contributed by atoms with Crippen LogP contribution in [0.4, 0.5) is 5.69 Å². The van der Waals surface area contributed by atoms with Gasteiger partial charge in [0.2, 0.25) is 0 Å². The van der Waals surface area contributed by atoms with Gasteiger partial charge in [0.05, 0.1) is 18.2 Å². The number of Topliss-reactive ketones (excluding diaryl/α,β-unsaturated/α-hetero) is 1. The predicted octanol–water partition coefficient (Wildman–Crippen LogP) is 5.54. The molecule has 2 heterocycles. The van der Waals surface area contributed by atoms with Gasteiger partial charge in [-0.05, 0) is 72.9 Å². The maximum Gasteiger partial charge on any atom is 0.300 e. The van der Waals surface area contributed by atoms with Crippen molar-refractivity contribution in [2.24, 2.45) is 0 Å². The number of aliphatic hydroxyl groups is 1. The summed E-state index contributed by atoms with van der Waals surface area (Å²) in [5.41, 5.74) is 3.66. The summed E-state index contributed by atoms with van der Waals surface area (Å²) in [6.07, 6.45) is 3.24. The molecule has 0 aliphatic carbocycles. The van der Waals surface area contributed by atoms with Crippen LogP contribution in [0.3, 0.4) is 0 Å². The standard InChI is InChI=1S/C28H28N2O4/c1-5-34-23-13-10-20(15-18(23)4)26(31)24-25(21-7-6-14-29-16-21)30(28(33)27(24)32)22-11-8-19(9-12-22)17(2)3/h6-17,25,31H,5H2,1-4H3/b26-24-. The molecule has 2 aromatic carbocycles. The van der Waals surface area contributed by atoms with Crippen LogP contribution in [-0.4, -0.2) is 28.4 Å². The minimum atomic E-state index is -0.800. The highest BCUT2D eigenvalue weighted by atomic mass is 16.5. The first kappa shape index (κ1) is 23.2. The van der Waals surface area contributed by atoms with E-state index in [4.69, 9.17) is 4.74 Å². The molecular weight excluding hydrogens is 428 g/mol. The molecule has 1 saturated heterocycles. The molecule has 1 aliphatic heterocycles. The smallest absolute Gasteiger partial charge is 0.300 e. The summed E-state index contributed by atoms with van der Waals surface area (Å²) in [5, 5.41) is 11.3. The summed E-state index contributed by atoms with van der Waals surface area (Å²) in [6, 6.07) is 15.5. The highest BCUT2D eigenvalue weighted by Gasteiger charge is 2.47. The number of nitrogens with zero attached hydrogens (tertiary/aromatic N) is 2. The van der Waals surface area contributed by atoms with E-state index in [-0.39, 0.29) is 11.3 Å². The number of pyridine rings is 1. The Morgan fingerprint density at radius 2 is 1.85 bits per heavy atom. The van der Waals surface area contributed by atoms with E-state index in [1.54, 1.807) is 42.7 Å². The van der Waals surface area contributed by atoms with E-state index in [0.717, 1.165) is 11.1 Å². The van der Waals surface area contributed by atoms with E-state index >= 15 is 0 Å². The minimum absolute atomic E-state index is 0.0366. The van der Waals surface area contributed by atoms with E-state index < -0.39 is 17.7 Å². The van der Waals surface area contributed by atoms with E-state index in [2.05, 4.69) is 18.8 Å². The SMILES string of the molecule is CCOc1ccc(/C(O)=C2/C(=O)C(=O)N(c3ccc(C(C)C)cc3)C2c2cccnc2)cc1C. The van der Waals surface area contributed by atoms with E-state index in [0.29, 0.717) is 35.1 Å². The fraction of sp³-hybridized carbons (Fsp3) is 0.250. The van der Waals surface area contributed by atoms with Crippen molar-refractivity contribution in [3.05, 3.63) is 94.8 Å². The highest BCUT2D eigenvalue weighted by molar-refractivity contribution is 6.51. The Hall–Kier alpha value is -3.93. The summed E-state index contributed by atoms with van der Waals surface area (Å²) in [4.78, 5) is 32.1. The van der Waals surface area contributed by atoms with Crippen molar-refractivity contribution in [1.29, 1.82) is 0 Å². The lowest BCUT2D eigenvalue weighted by Crippen LogP contribution is -2.29. The molecule has 6 nitrogen and oxygen atoms in total. The summed E-state index contributed by atoms with van der Waals surface area (Å²) >= 11 is 0. The number of ketones is 1. The summed E-state index contributed by atoms with van der Waals surface area (Å²) in [7, 11) is 0. The lowest BCUT2D eigenvalue weighted by Gasteiger charge is -2.25. The molecule has 174 valence electrons. The molecule has 1 aliphatic rings. The monoisotopic (exact) mass is 456 g/mol. The number of carbonyl (C=O) groups is 2. The van der Waals surface area contributed by atoms with Crippen LogP contribution in [0.25, 0.3) is 5.76 Å². The molecule has 1 amide bonds. The van der Waals surface area contributed by atoms with E-state index in [9.17, 15) is 14.7 Å². The lowest BCUT2D eigenvalue weighted by molar-refractivity contribution is -0.132. The average molecular weight is 457 g/mol. The molecule has 1 unspecified atom stereocenters. The zero-order valence-corrected chi connectivity index (χ0v) is 19.8.